The molecule has 0 atom stereocenters. The van der Waals surface area contributed by atoms with Gasteiger partial charge < -0.3 is 23.7 Å². The van der Waals surface area contributed by atoms with Crippen molar-refractivity contribution in [2.24, 2.45) is 11.8 Å². The van der Waals surface area contributed by atoms with E-state index in [9.17, 15) is 13.2 Å². The van der Waals surface area contributed by atoms with Crippen LogP contribution in [0.3, 0.4) is 0 Å². The predicted octanol–water partition coefficient (Wildman–Crippen LogP) is 4.98. The Balaban J connectivity index is 1.35. The zero-order chi connectivity index (χ0) is 20.7. The standard InChI is InChI=1S/C21H27F3O5/c1-2-3-4-15-11-25-19(26-12-15)10-5-16-13-27-20(28-14-16)17-6-8-18(9-7-17)29-21(22,23)24/h2,6-9,15-16,19-20H,1,3-5,10-14H2/t15-,16-,19-,20-. The quantitative estimate of drug-likeness (QED) is 0.559. The van der Waals surface area contributed by atoms with Crippen LogP contribution in [0, 0.1) is 11.8 Å². The van der Waals surface area contributed by atoms with Gasteiger partial charge in [-0.05, 0) is 37.8 Å². The molecule has 2 aliphatic heterocycles. The number of allylic oxidation sites excluding steroid dienone is 1. The van der Waals surface area contributed by atoms with Crippen LogP contribution in [0.15, 0.2) is 36.9 Å². The largest absolute Gasteiger partial charge is 0.573 e. The van der Waals surface area contributed by atoms with Gasteiger partial charge in [-0.2, -0.15) is 0 Å². The molecule has 2 saturated heterocycles. The lowest BCUT2D eigenvalue weighted by atomic mass is 10.0. The lowest BCUT2D eigenvalue weighted by molar-refractivity contribution is -0.274. The molecular formula is C21H27F3O5. The molecule has 0 amide bonds. The fraction of sp³-hybridized carbons (Fsp3) is 0.619. The third kappa shape index (κ3) is 7.29. The molecule has 2 fully saturated rings. The monoisotopic (exact) mass is 416 g/mol. The molecule has 0 radical (unpaired) electrons. The van der Waals surface area contributed by atoms with Crippen LogP contribution in [0.4, 0.5) is 13.2 Å². The van der Waals surface area contributed by atoms with E-state index in [4.69, 9.17) is 18.9 Å². The van der Waals surface area contributed by atoms with E-state index in [1.54, 1.807) is 0 Å². The number of hydrogen-bond donors (Lipinski definition) is 0. The molecule has 0 N–H and O–H groups in total. The van der Waals surface area contributed by atoms with Crippen molar-refractivity contribution >= 4 is 0 Å². The molecule has 0 aliphatic carbocycles. The van der Waals surface area contributed by atoms with E-state index in [1.807, 2.05) is 6.08 Å². The van der Waals surface area contributed by atoms with Gasteiger partial charge in [0, 0.05) is 17.4 Å². The zero-order valence-corrected chi connectivity index (χ0v) is 16.2. The Morgan fingerprint density at radius 3 is 2.07 bits per heavy atom. The average molecular weight is 416 g/mol. The van der Waals surface area contributed by atoms with E-state index in [2.05, 4.69) is 11.3 Å². The summed E-state index contributed by atoms with van der Waals surface area (Å²) in [5.74, 6) is 0.387. The minimum atomic E-state index is -4.70. The molecule has 1 aromatic rings. The number of halogens is 3. The summed E-state index contributed by atoms with van der Waals surface area (Å²) in [6.07, 6.45) is 0.0708. The fourth-order valence-corrected chi connectivity index (χ4v) is 3.37. The van der Waals surface area contributed by atoms with Gasteiger partial charge in [0.05, 0.1) is 26.4 Å². The summed E-state index contributed by atoms with van der Waals surface area (Å²) in [7, 11) is 0. The normalized spacial score (nSPS) is 28.1. The molecule has 5 nitrogen and oxygen atoms in total. The van der Waals surface area contributed by atoms with E-state index < -0.39 is 12.7 Å². The Labute approximate surface area is 168 Å². The van der Waals surface area contributed by atoms with Crippen LogP contribution in [0.5, 0.6) is 5.75 Å². The van der Waals surface area contributed by atoms with Gasteiger partial charge in [-0.1, -0.05) is 18.2 Å². The molecule has 1 aromatic carbocycles. The predicted molar refractivity (Wildman–Crippen MR) is 99.1 cm³/mol. The number of hydrogen-bond acceptors (Lipinski definition) is 5. The van der Waals surface area contributed by atoms with Gasteiger partial charge in [-0.3, -0.25) is 0 Å². The van der Waals surface area contributed by atoms with Crippen LogP contribution in [0.1, 0.15) is 37.5 Å². The van der Waals surface area contributed by atoms with Crippen molar-refractivity contribution in [1.82, 2.24) is 0 Å². The summed E-state index contributed by atoms with van der Waals surface area (Å²) in [6.45, 7) is 6.19. The molecule has 0 aromatic heterocycles. The van der Waals surface area contributed by atoms with Crippen molar-refractivity contribution < 1.29 is 36.9 Å². The van der Waals surface area contributed by atoms with Crippen LogP contribution in [0.2, 0.25) is 0 Å². The highest BCUT2D eigenvalue weighted by atomic mass is 19.4. The van der Waals surface area contributed by atoms with E-state index in [0.717, 1.165) is 25.7 Å². The number of ether oxygens (including phenoxy) is 5. The summed E-state index contributed by atoms with van der Waals surface area (Å²) in [5.41, 5.74) is 0.655. The molecule has 2 heterocycles. The number of alkyl halides is 3. The maximum atomic E-state index is 12.2. The number of benzene rings is 1. The fourth-order valence-electron chi connectivity index (χ4n) is 3.37. The molecule has 8 heteroatoms. The van der Waals surface area contributed by atoms with E-state index in [0.29, 0.717) is 37.9 Å². The van der Waals surface area contributed by atoms with Gasteiger partial charge in [0.15, 0.2) is 12.6 Å². The Morgan fingerprint density at radius 2 is 1.48 bits per heavy atom. The van der Waals surface area contributed by atoms with Gasteiger partial charge in [-0.25, -0.2) is 0 Å². The Hall–Kier alpha value is -1.61. The minimum Gasteiger partial charge on any atom is -0.406 e. The first kappa shape index (κ1) is 22.1. The Morgan fingerprint density at radius 1 is 0.897 bits per heavy atom. The van der Waals surface area contributed by atoms with Crippen LogP contribution >= 0.6 is 0 Å². The third-order valence-electron chi connectivity index (χ3n) is 4.98. The second kappa shape index (κ2) is 10.4. The summed E-state index contributed by atoms with van der Waals surface area (Å²) < 4.78 is 63.6. The van der Waals surface area contributed by atoms with Crippen molar-refractivity contribution in [1.29, 1.82) is 0 Å². The highest BCUT2D eigenvalue weighted by molar-refractivity contribution is 5.28. The Kier molecular flexibility index (Phi) is 7.94. The summed E-state index contributed by atoms with van der Waals surface area (Å²) in [5, 5.41) is 0. The van der Waals surface area contributed by atoms with Crippen molar-refractivity contribution in [2.75, 3.05) is 26.4 Å². The van der Waals surface area contributed by atoms with Crippen molar-refractivity contribution in [3.05, 3.63) is 42.5 Å². The average Bonchev–Trinajstić information content (AvgIpc) is 2.71. The maximum Gasteiger partial charge on any atom is 0.573 e. The first-order valence-electron chi connectivity index (χ1n) is 9.86. The minimum absolute atomic E-state index is 0.186. The smallest absolute Gasteiger partial charge is 0.406 e. The van der Waals surface area contributed by atoms with E-state index in [1.165, 1.54) is 24.3 Å². The topological polar surface area (TPSA) is 46.2 Å². The van der Waals surface area contributed by atoms with Gasteiger partial charge in [0.2, 0.25) is 0 Å². The third-order valence-corrected chi connectivity index (χ3v) is 4.98. The van der Waals surface area contributed by atoms with Crippen LogP contribution in [0.25, 0.3) is 0 Å². The van der Waals surface area contributed by atoms with Crippen LogP contribution in [-0.4, -0.2) is 39.1 Å². The van der Waals surface area contributed by atoms with Gasteiger partial charge >= 0.3 is 6.36 Å². The lowest BCUT2D eigenvalue weighted by Gasteiger charge is -2.32. The molecule has 2 aliphatic rings. The van der Waals surface area contributed by atoms with Gasteiger partial charge in [-0.15, -0.1) is 19.8 Å². The summed E-state index contributed by atoms with van der Waals surface area (Å²) in [6, 6.07) is 5.53. The second-order valence-electron chi connectivity index (χ2n) is 7.39. The van der Waals surface area contributed by atoms with Crippen molar-refractivity contribution in [3.8, 4) is 5.75 Å². The highest BCUT2D eigenvalue weighted by Crippen LogP contribution is 2.30. The van der Waals surface area contributed by atoms with Gasteiger partial charge in [0.1, 0.15) is 5.75 Å². The van der Waals surface area contributed by atoms with E-state index >= 15 is 0 Å². The molecule has 0 spiro atoms. The molecule has 162 valence electrons. The molecule has 0 unspecified atom stereocenters. The number of rotatable bonds is 8. The molecular weight excluding hydrogens is 389 g/mol. The first-order valence-corrected chi connectivity index (χ1v) is 9.86. The first-order chi connectivity index (χ1) is 13.9. The summed E-state index contributed by atoms with van der Waals surface area (Å²) in [4.78, 5) is 0. The van der Waals surface area contributed by atoms with Gasteiger partial charge in [0.25, 0.3) is 0 Å². The maximum absolute atomic E-state index is 12.2. The van der Waals surface area contributed by atoms with Crippen molar-refractivity contribution in [3.63, 3.8) is 0 Å². The SMILES string of the molecule is C=CCC[C@H]1CO[C@H](CC[C@H]2CO[C@H](c3ccc(OC(F)(F)F)cc3)OC2)OC1. The van der Waals surface area contributed by atoms with Crippen LogP contribution in [-0.2, 0) is 18.9 Å². The highest BCUT2D eigenvalue weighted by Gasteiger charge is 2.31. The Bertz CT molecular complexity index is 618. The lowest BCUT2D eigenvalue weighted by Crippen LogP contribution is -2.33. The van der Waals surface area contributed by atoms with E-state index in [-0.39, 0.29) is 18.0 Å². The zero-order valence-electron chi connectivity index (χ0n) is 16.2. The molecule has 3 rings (SSSR count). The van der Waals surface area contributed by atoms with Crippen molar-refractivity contribution in [2.45, 2.75) is 44.6 Å². The molecule has 29 heavy (non-hydrogen) atoms. The molecule has 0 bridgehead atoms. The molecule has 0 saturated carbocycles. The second-order valence-corrected chi connectivity index (χ2v) is 7.39. The summed E-state index contributed by atoms with van der Waals surface area (Å²) >= 11 is 0. The van der Waals surface area contributed by atoms with Crippen LogP contribution < -0.4 is 4.74 Å².